The molecule has 0 saturated heterocycles. The standard InChI is InChI=1S/C9H16N2O4S2/c1-2-3-4(16)8(13)11-5(9(14)15)6(17)7(10)12/h4-6,16-17H,2-3H2,1H3,(H2,10,12)(H,11,13)(H,14,15). The molecule has 0 bridgehead atoms. The van der Waals surface area contributed by atoms with Crippen LogP contribution in [0.25, 0.3) is 0 Å². The first-order valence-corrected chi connectivity index (χ1v) is 6.03. The first kappa shape index (κ1) is 16.1. The maximum atomic E-state index is 11.5. The van der Waals surface area contributed by atoms with Crippen LogP contribution in [-0.2, 0) is 14.4 Å². The van der Waals surface area contributed by atoms with Crippen LogP contribution in [0.1, 0.15) is 19.8 Å². The van der Waals surface area contributed by atoms with Crippen molar-refractivity contribution in [3.8, 4) is 0 Å². The number of hydrogen-bond donors (Lipinski definition) is 5. The molecule has 0 spiro atoms. The van der Waals surface area contributed by atoms with Gasteiger partial charge in [-0.1, -0.05) is 13.3 Å². The summed E-state index contributed by atoms with van der Waals surface area (Å²) in [6.45, 7) is 1.87. The zero-order valence-electron chi connectivity index (χ0n) is 9.29. The van der Waals surface area contributed by atoms with Crippen molar-refractivity contribution in [2.45, 2.75) is 36.3 Å². The van der Waals surface area contributed by atoms with Gasteiger partial charge >= 0.3 is 5.97 Å². The molecule has 8 heteroatoms. The molecule has 17 heavy (non-hydrogen) atoms. The number of primary amides is 1. The second kappa shape index (κ2) is 7.44. The normalized spacial score (nSPS) is 15.7. The fraction of sp³-hybridized carbons (Fsp3) is 0.667. The Morgan fingerprint density at radius 2 is 1.88 bits per heavy atom. The average Bonchev–Trinajstić information content (AvgIpc) is 2.24. The molecule has 3 atom stereocenters. The highest BCUT2D eigenvalue weighted by Gasteiger charge is 2.32. The summed E-state index contributed by atoms with van der Waals surface area (Å²) in [7, 11) is 0. The largest absolute Gasteiger partial charge is 0.480 e. The summed E-state index contributed by atoms with van der Waals surface area (Å²) in [6, 6.07) is -1.45. The smallest absolute Gasteiger partial charge is 0.327 e. The molecule has 0 fully saturated rings. The van der Waals surface area contributed by atoms with Crippen molar-refractivity contribution >= 4 is 43.0 Å². The molecule has 3 unspecified atom stereocenters. The topological polar surface area (TPSA) is 109 Å². The highest BCUT2D eigenvalue weighted by molar-refractivity contribution is 7.82. The van der Waals surface area contributed by atoms with Crippen LogP contribution >= 0.6 is 25.3 Å². The number of thiol groups is 2. The maximum Gasteiger partial charge on any atom is 0.327 e. The molecule has 0 aromatic carbocycles. The summed E-state index contributed by atoms with van der Waals surface area (Å²) < 4.78 is 0. The van der Waals surface area contributed by atoms with Crippen LogP contribution in [0.5, 0.6) is 0 Å². The van der Waals surface area contributed by atoms with Gasteiger partial charge in [-0.15, -0.1) is 0 Å². The monoisotopic (exact) mass is 280 g/mol. The van der Waals surface area contributed by atoms with Crippen LogP contribution in [-0.4, -0.2) is 39.4 Å². The third-order valence-electron chi connectivity index (χ3n) is 2.04. The Labute approximate surface area is 110 Å². The predicted molar refractivity (Wildman–Crippen MR) is 69.2 cm³/mol. The molecule has 0 radical (unpaired) electrons. The maximum absolute atomic E-state index is 11.5. The van der Waals surface area contributed by atoms with Crippen LogP contribution in [0.15, 0.2) is 0 Å². The van der Waals surface area contributed by atoms with E-state index in [1.807, 2.05) is 6.92 Å². The molecule has 0 heterocycles. The van der Waals surface area contributed by atoms with E-state index in [1.54, 1.807) is 0 Å². The van der Waals surface area contributed by atoms with Crippen molar-refractivity contribution in [3.63, 3.8) is 0 Å². The molecule has 0 aliphatic heterocycles. The van der Waals surface area contributed by atoms with Gasteiger partial charge in [0.15, 0.2) is 0 Å². The molecule has 0 rings (SSSR count). The molecule has 98 valence electrons. The molecule has 6 nitrogen and oxygen atoms in total. The summed E-state index contributed by atoms with van der Waals surface area (Å²) in [5.41, 5.74) is 4.94. The number of hydrogen-bond acceptors (Lipinski definition) is 5. The second-order valence-electron chi connectivity index (χ2n) is 3.48. The lowest BCUT2D eigenvalue weighted by Crippen LogP contribution is -2.52. The lowest BCUT2D eigenvalue weighted by molar-refractivity contribution is -0.142. The number of nitrogens with two attached hydrogens (primary N) is 1. The van der Waals surface area contributed by atoms with E-state index in [9.17, 15) is 14.4 Å². The molecule has 0 aliphatic carbocycles. The molecule has 0 saturated carbocycles. The first-order chi connectivity index (χ1) is 7.81. The minimum Gasteiger partial charge on any atom is -0.480 e. The number of amides is 2. The van der Waals surface area contributed by atoms with Gasteiger partial charge in [0, 0.05) is 0 Å². The number of carboxylic acid groups (broad SMARTS) is 1. The Balaban J connectivity index is 4.61. The number of rotatable bonds is 7. The van der Waals surface area contributed by atoms with Gasteiger partial charge < -0.3 is 16.2 Å². The SMILES string of the molecule is CCCC(S)C(=O)NC(C(=O)O)C(S)C(N)=O. The number of carbonyl (C=O) groups is 3. The van der Waals surface area contributed by atoms with Gasteiger partial charge in [-0.3, -0.25) is 9.59 Å². The van der Waals surface area contributed by atoms with Crippen LogP contribution in [0.2, 0.25) is 0 Å². The van der Waals surface area contributed by atoms with E-state index in [1.165, 1.54) is 0 Å². The Morgan fingerprint density at radius 3 is 2.24 bits per heavy atom. The highest BCUT2D eigenvalue weighted by atomic mass is 32.1. The fourth-order valence-electron chi connectivity index (χ4n) is 1.09. The fourth-order valence-corrected chi connectivity index (χ4v) is 1.63. The zero-order chi connectivity index (χ0) is 13.6. The lowest BCUT2D eigenvalue weighted by atomic mass is 10.1. The van der Waals surface area contributed by atoms with Crippen molar-refractivity contribution in [3.05, 3.63) is 0 Å². The van der Waals surface area contributed by atoms with E-state index in [2.05, 4.69) is 30.6 Å². The Morgan fingerprint density at radius 1 is 1.35 bits per heavy atom. The number of carbonyl (C=O) groups excluding carboxylic acids is 2. The van der Waals surface area contributed by atoms with Crippen molar-refractivity contribution < 1.29 is 19.5 Å². The van der Waals surface area contributed by atoms with E-state index in [0.717, 1.165) is 6.42 Å². The first-order valence-electron chi connectivity index (χ1n) is 4.99. The van der Waals surface area contributed by atoms with Crippen LogP contribution in [0.3, 0.4) is 0 Å². The summed E-state index contributed by atoms with van der Waals surface area (Å²) in [6.07, 6.45) is 1.24. The van der Waals surface area contributed by atoms with Crippen LogP contribution < -0.4 is 11.1 Å². The minimum atomic E-state index is -1.45. The van der Waals surface area contributed by atoms with Crippen molar-refractivity contribution in [1.82, 2.24) is 5.32 Å². The lowest BCUT2D eigenvalue weighted by Gasteiger charge is -2.20. The zero-order valence-corrected chi connectivity index (χ0v) is 11.1. The predicted octanol–water partition coefficient (Wildman–Crippen LogP) is -0.562. The van der Waals surface area contributed by atoms with E-state index < -0.39 is 34.3 Å². The van der Waals surface area contributed by atoms with Gasteiger partial charge in [0.1, 0.15) is 11.3 Å². The van der Waals surface area contributed by atoms with Crippen molar-refractivity contribution in [2.75, 3.05) is 0 Å². The molecular weight excluding hydrogens is 264 g/mol. The third-order valence-corrected chi connectivity index (χ3v) is 3.08. The van der Waals surface area contributed by atoms with E-state index in [-0.39, 0.29) is 0 Å². The summed E-state index contributed by atoms with van der Waals surface area (Å²) in [5, 5.41) is 9.15. The molecule has 0 aliphatic rings. The van der Waals surface area contributed by atoms with Gasteiger partial charge in [0.2, 0.25) is 11.8 Å². The average molecular weight is 280 g/mol. The van der Waals surface area contributed by atoms with Crippen molar-refractivity contribution in [1.29, 1.82) is 0 Å². The molecule has 0 aromatic rings. The highest BCUT2D eigenvalue weighted by Crippen LogP contribution is 2.08. The van der Waals surface area contributed by atoms with Gasteiger partial charge in [-0.05, 0) is 6.42 Å². The summed E-state index contributed by atoms with van der Waals surface area (Å²) in [5.74, 6) is -2.83. The Hall–Kier alpha value is -0.890. The van der Waals surface area contributed by atoms with Gasteiger partial charge in [-0.2, -0.15) is 25.3 Å². The number of aliphatic carboxylic acids is 1. The molecule has 0 aromatic heterocycles. The van der Waals surface area contributed by atoms with Gasteiger partial charge in [-0.25, -0.2) is 4.79 Å². The number of carboxylic acids is 1. The van der Waals surface area contributed by atoms with E-state index >= 15 is 0 Å². The minimum absolute atomic E-state index is 0.509. The molecular formula is C9H16N2O4S2. The van der Waals surface area contributed by atoms with E-state index in [0.29, 0.717) is 6.42 Å². The molecule has 2 amide bonds. The van der Waals surface area contributed by atoms with E-state index in [4.69, 9.17) is 10.8 Å². The third kappa shape index (κ3) is 5.31. The van der Waals surface area contributed by atoms with Crippen LogP contribution in [0, 0.1) is 0 Å². The summed E-state index contributed by atoms with van der Waals surface area (Å²) in [4.78, 5) is 33.2. The second-order valence-corrected chi connectivity index (χ2v) is 4.66. The van der Waals surface area contributed by atoms with Gasteiger partial charge in [0.05, 0.1) is 5.25 Å². The summed E-state index contributed by atoms with van der Waals surface area (Å²) >= 11 is 7.78. The van der Waals surface area contributed by atoms with Gasteiger partial charge in [0.25, 0.3) is 0 Å². The van der Waals surface area contributed by atoms with Crippen LogP contribution in [0.4, 0.5) is 0 Å². The quantitative estimate of drug-likeness (QED) is 0.403. The van der Waals surface area contributed by atoms with Crippen molar-refractivity contribution in [2.24, 2.45) is 5.73 Å². The number of nitrogens with one attached hydrogen (secondary N) is 1. The Kier molecular flexibility index (Phi) is 7.05. The Bertz CT molecular complexity index is 311. The molecule has 4 N–H and O–H groups in total.